The van der Waals surface area contributed by atoms with Crippen LogP contribution in [0.4, 0.5) is 0 Å². The van der Waals surface area contributed by atoms with Crippen LogP contribution < -0.4 is 5.32 Å². The molecule has 124 valence electrons. The predicted octanol–water partition coefficient (Wildman–Crippen LogP) is 2.30. The summed E-state index contributed by atoms with van der Waals surface area (Å²) in [5, 5.41) is 4.14. The molecule has 1 aliphatic heterocycles. The molecule has 22 heavy (non-hydrogen) atoms. The minimum absolute atomic E-state index is 0.0581. The lowest BCUT2D eigenvalue weighted by Gasteiger charge is -2.23. The molecule has 5 nitrogen and oxygen atoms in total. The Bertz CT molecular complexity index is 498. The molecule has 1 N–H and O–H groups in total. The van der Waals surface area contributed by atoms with E-state index in [0.717, 1.165) is 36.6 Å². The number of hydrogen-bond acceptors (Lipinski definition) is 5. The summed E-state index contributed by atoms with van der Waals surface area (Å²) in [6.45, 7) is 8.14. The number of amides is 1. The van der Waals surface area contributed by atoms with E-state index in [4.69, 9.17) is 4.74 Å². The molecule has 2 atom stereocenters. The Morgan fingerprint density at radius 1 is 1.59 bits per heavy atom. The van der Waals surface area contributed by atoms with Gasteiger partial charge in [-0.25, -0.2) is 4.98 Å². The van der Waals surface area contributed by atoms with Gasteiger partial charge in [0.1, 0.15) is 0 Å². The summed E-state index contributed by atoms with van der Waals surface area (Å²) >= 11 is 1.75. The average molecular weight is 325 g/mol. The summed E-state index contributed by atoms with van der Waals surface area (Å²) in [4.78, 5) is 20.0. The molecule has 1 fully saturated rings. The van der Waals surface area contributed by atoms with Crippen molar-refractivity contribution in [1.29, 1.82) is 0 Å². The molecule has 1 aliphatic rings. The second kappa shape index (κ2) is 8.04. The third-order valence-electron chi connectivity index (χ3n) is 4.16. The molecule has 0 unspecified atom stereocenters. The van der Waals surface area contributed by atoms with Crippen LogP contribution in [0.15, 0.2) is 0 Å². The SMILES string of the molecule is CCc1nc(C)c([C@@H](C)N(C)CC(=O)NC[C@@H]2CCCO2)s1. The third kappa shape index (κ3) is 4.51. The van der Waals surface area contributed by atoms with Crippen LogP contribution in [-0.2, 0) is 16.0 Å². The lowest BCUT2D eigenvalue weighted by molar-refractivity contribution is -0.122. The zero-order valence-electron chi connectivity index (χ0n) is 14.0. The number of thiazole rings is 1. The molecule has 0 radical (unpaired) electrons. The second-order valence-corrected chi connectivity index (χ2v) is 7.06. The van der Waals surface area contributed by atoms with Gasteiger partial charge in [0.25, 0.3) is 0 Å². The molecule has 1 aromatic heterocycles. The molecule has 0 aliphatic carbocycles. The van der Waals surface area contributed by atoms with E-state index >= 15 is 0 Å². The van der Waals surface area contributed by atoms with Crippen LogP contribution in [0.2, 0.25) is 0 Å². The number of ether oxygens (including phenoxy) is 1. The van der Waals surface area contributed by atoms with E-state index in [1.165, 1.54) is 4.88 Å². The van der Waals surface area contributed by atoms with E-state index in [9.17, 15) is 4.79 Å². The zero-order valence-corrected chi connectivity index (χ0v) is 14.8. The first-order valence-electron chi connectivity index (χ1n) is 8.06. The number of carbonyl (C=O) groups is 1. The molecular weight excluding hydrogens is 298 g/mol. The summed E-state index contributed by atoms with van der Waals surface area (Å²) in [6, 6.07) is 0.200. The Balaban J connectivity index is 1.83. The number of nitrogens with one attached hydrogen (secondary N) is 1. The fourth-order valence-electron chi connectivity index (χ4n) is 2.66. The Hall–Kier alpha value is -0.980. The van der Waals surface area contributed by atoms with E-state index in [0.29, 0.717) is 13.1 Å². The molecule has 1 aromatic rings. The molecule has 0 spiro atoms. The van der Waals surface area contributed by atoms with Crippen molar-refractivity contribution < 1.29 is 9.53 Å². The highest BCUT2D eigenvalue weighted by molar-refractivity contribution is 7.11. The van der Waals surface area contributed by atoms with Crippen molar-refractivity contribution in [2.45, 2.75) is 52.2 Å². The van der Waals surface area contributed by atoms with Crippen molar-refractivity contribution in [2.24, 2.45) is 0 Å². The maximum absolute atomic E-state index is 12.1. The Kier molecular flexibility index (Phi) is 6.35. The smallest absolute Gasteiger partial charge is 0.234 e. The number of aromatic nitrogens is 1. The van der Waals surface area contributed by atoms with E-state index in [-0.39, 0.29) is 18.1 Å². The highest BCUT2D eigenvalue weighted by atomic mass is 32.1. The minimum Gasteiger partial charge on any atom is -0.376 e. The maximum atomic E-state index is 12.1. The van der Waals surface area contributed by atoms with Crippen molar-refractivity contribution in [3.63, 3.8) is 0 Å². The van der Waals surface area contributed by atoms with Crippen LogP contribution in [0.1, 0.15) is 48.3 Å². The van der Waals surface area contributed by atoms with Gasteiger partial charge in [0, 0.05) is 24.1 Å². The van der Waals surface area contributed by atoms with Crippen LogP contribution in [-0.4, -0.2) is 48.6 Å². The molecule has 1 amide bonds. The largest absolute Gasteiger partial charge is 0.376 e. The molecule has 0 aromatic carbocycles. The number of likely N-dealkylation sites (N-methyl/N-ethyl adjacent to an activating group) is 1. The first-order chi connectivity index (χ1) is 10.5. The topological polar surface area (TPSA) is 54.5 Å². The van der Waals surface area contributed by atoms with Gasteiger partial charge in [0.05, 0.1) is 23.4 Å². The van der Waals surface area contributed by atoms with E-state index in [1.807, 2.05) is 14.0 Å². The molecule has 2 rings (SSSR count). The number of nitrogens with zero attached hydrogens (tertiary/aromatic N) is 2. The number of hydrogen-bond donors (Lipinski definition) is 1. The maximum Gasteiger partial charge on any atom is 0.234 e. The van der Waals surface area contributed by atoms with Crippen LogP contribution in [0, 0.1) is 6.92 Å². The molecule has 0 bridgehead atoms. The van der Waals surface area contributed by atoms with Crippen LogP contribution >= 0.6 is 11.3 Å². The molecule has 0 saturated carbocycles. The summed E-state index contributed by atoms with van der Waals surface area (Å²) in [5.41, 5.74) is 1.08. The summed E-state index contributed by atoms with van der Waals surface area (Å²) < 4.78 is 5.52. The van der Waals surface area contributed by atoms with Gasteiger partial charge in [-0.2, -0.15) is 0 Å². The van der Waals surface area contributed by atoms with Crippen LogP contribution in [0.25, 0.3) is 0 Å². The third-order valence-corrected chi connectivity index (χ3v) is 5.64. The van der Waals surface area contributed by atoms with Gasteiger partial charge in [-0.3, -0.25) is 9.69 Å². The van der Waals surface area contributed by atoms with E-state index in [2.05, 4.69) is 29.0 Å². The van der Waals surface area contributed by atoms with Gasteiger partial charge >= 0.3 is 0 Å². The van der Waals surface area contributed by atoms with Crippen LogP contribution in [0.3, 0.4) is 0 Å². The van der Waals surface area contributed by atoms with Crippen LogP contribution in [0.5, 0.6) is 0 Å². The molecule has 6 heteroatoms. The van der Waals surface area contributed by atoms with Crippen molar-refractivity contribution in [1.82, 2.24) is 15.2 Å². The van der Waals surface area contributed by atoms with Gasteiger partial charge in [0.2, 0.25) is 5.91 Å². The number of aryl methyl sites for hydroxylation is 2. The van der Waals surface area contributed by atoms with Crippen molar-refractivity contribution in [2.75, 3.05) is 26.7 Å². The fourth-order valence-corrected chi connectivity index (χ4v) is 3.78. The first kappa shape index (κ1) is 17.4. The highest BCUT2D eigenvalue weighted by Crippen LogP contribution is 2.28. The predicted molar refractivity (Wildman–Crippen MR) is 89.3 cm³/mol. The number of rotatable bonds is 7. The summed E-state index contributed by atoms with van der Waals surface area (Å²) in [5.74, 6) is 0.0581. The van der Waals surface area contributed by atoms with Gasteiger partial charge in [-0.1, -0.05) is 6.92 Å². The lowest BCUT2D eigenvalue weighted by Crippen LogP contribution is -2.39. The summed E-state index contributed by atoms with van der Waals surface area (Å²) in [6.07, 6.45) is 3.31. The van der Waals surface area contributed by atoms with Gasteiger partial charge in [0.15, 0.2) is 0 Å². The Labute approximate surface area is 137 Å². The normalized spacial score (nSPS) is 19.6. The highest BCUT2D eigenvalue weighted by Gasteiger charge is 2.21. The average Bonchev–Trinajstić information content (AvgIpc) is 3.13. The Morgan fingerprint density at radius 2 is 2.36 bits per heavy atom. The monoisotopic (exact) mass is 325 g/mol. The second-order valence-electron chi connectivity index (χ2n) is 5.94. The molecule has 1 saturated heterocycles. The van der Waals surface area contributed by atoms with Gasteiger partial charge in [-0.15, -0.1) is 11.3 Å². The fraction of sp³-hybridized carbons (Fsp3) is 0.750. The number of carbonyl (C=O) groups excluding carboxylic acids is 1. The first-order valence-corrected chi connectivity index (χ1v) is 8.87. The van der Waals surface area contributed by atoms with E-state index < -0.39 is 0 Å². The van der Waals surface area contributed by atoms with Crippen molar-refractivity contribution >= 4 is 17.2 Å². The molecule has 2 heterocycles. The summed E-state index contributed by atoms with van der Waals surface area (Å²) in [7, 11) is 1.99. The minimum atomic E-state index is 0.0581. The lowest BCUT2D eigenvalue weighted by atomic mass is 10.2. The van der Waals surface area contributed by atoms with Crippen molar-refractivity contribution in [3.8, 4) is 0 Å². The van der Waals surface area contributed by atoms with Gasteiger partial charge in [-0.05, 0) is 40.2 Å². The Morgan fingerprint density at radius 3 is 2.95 bits per heavy atom. The van der Waals surface area contributed by atoms with Gasteiger partial charge < -0.3 is 10.1 Å². The van der Waals surface area contributed by atoms with E-state index in [1.54, 1.807) is 11.3 Å². The standard InChI is InChI=1S/C16H27N3O2S/c1-5-15-18-11(2)16(22-15)12(3)19(4)10-14(20)17-9-13-7-6-8-21-13/h12-13H,5-10H2,1-4H3,(H,17,20)/t12-,13+/m1/s1. The zero-order chi connectivity index (χ0) is 16.1. The van der Waals surface area contributed by atoms with Crippen molar-refractivity contribution in [3.05, 3.63) is 15.6 Å². The molecular formula is C16H27N3O2S. The quantitative estimate of drug-likeness (QED) is 0.836.